The van der Waals surface area contributed by atoms with Crippen LogP contribution in [0.15, 0.2) is 54.9 Å². The zero-order chi connectivity index (χ0) is 13.8. The Morgan fingerprint density at radius 3 is 2.80 bits per heavy atom. The fourth-order valence-corrected chi connectivity index (χ4v) is 2.58. The van der Waals surface area contributed by atoms with Crippen LogP contribution in [-0.2, 0) is 0 Å². The summed E-state index contributed by atoms with van der Waals surface area (Å²) in [5, 5.41) is 3.36. The average molecular weight is 267 g/mol. The van der Waals surface area contributed by atoms with Gasteiger partial charge in [-0.05, 0) is 17.7 Å². The molecule has 1 amide bonds. The molecule has 1 saturated heterocycles. The number of hydrogen-bond acceptors (Lipinski definition) is 3. The summed E-state index contributed by atoms with van der Waals surface area (Å²) in [6, 6.07) is 13.9. The van der Waals surface area contributed by atoms with Crippen molar-refractivity contribution in [2.45, 2.75) is 6.04 Å². The fourth-order valence-electron chi connectivity index (χ4n) is 2.58. The second-order valence-corrected chi connectivity index (χ2v) is 4.87. The first-order valence-electron chi connectivity index (χ1n) is 6.83. The second kappa shape index (κ2) is 5.84. The molecule has 1 N–H and O–H groups in total. The second-order valence-electron chi connectivity index (χ2n) is 4.87. The molecule has 102 valence electrons. The van der Waals surface area contributed by atoms with E-state index in [9.17, 15) is 4.79 Å². The highest BCUT2D eigenvalue weighted by Gasteiger charge is 2.28. The van der Waals surface area contributed by atoms with Crippen LogP contribution in [0.5, 0.6) is 0 Å². The maximum absolute atomic E-state index is 12.6. The van der Waals surface area contributed by atoms with Gasteiger partial charge in [-0.25, -0.2) is 0 Å². The highest BCUT2D eigenvalue weighted by Crippen LogP contribution is 2.23. The lowest BCUT2D eigenvalue weighted by Crippen LogP contribution is -2.48. The van der Waals surface area contributed by atoms with Gasteiger partial charge < -0.3 is 10.2 Å². The van der Waals surface area contributed by atoms with Gasteiger partial charge >= 0.3 is 0 Å². The van der Waals surface area contributed by atoms with Crippen LogP contribution in [0, 0.1) is 0 Å². The van der Waals surface area contributed by atoms with Gasteiger partial charge in [-0.3, -0.25) is 9.78 Å². The standard InChI is InChI=1S/C16H17N3O/c20-16(14-7-4-8-17-11-14)19-10-9-18-12-15(19)13-5-2-1-3-6-13/h1-8,11,15,18H,9-10,12H2/t15-/m0/s1. The van der Waals surface area contributed by atoms with Crippen molar-refractivity contribution in [3.63, 3.8) is 0 Å². The first-order valence-corrected chi connectivity index (χ1v) is 6.83. The molecule has 0 bridgehead atoms. The molecule has 0 unspecified atom stereocenters. The Balaban J connectivity index is 1.88. The van der Waals surface area contributed by atoms with Gasteiger partial charge in [-0.1, -0.05) is 30.3 Å². The molecule has 1 aliphatic heterocycles. The summed E-state index contributed by atoms with van der Waals surface area (Å²) in [6.45, 7) is 2.33. The van der Waals surface area contributed by atoms with Crippen LogP contribution in [0.2, 0.25) is 0 Å². The van der Waals surface area contributed by atoms with Crippen molar-refractivity contribution in [1.82, 2.24) is 15.2 Å². The quantitative estimate of drug-likeness (QED) is 0.903. The van der Waals surface area contributed by atoms with Crippen LogP contribution < -0.4 is 5.32 Å². The minimum atomic E-state index is 0.0495. The molecule has 0 aliphatic carbocycles. The molecule has 2 aromatic rings. The molecular weight excluding hydrogens is 250 g/mol. The van der Waals surface area contributed by atoms with E-state index < -0.39 is 0 Å². The molecule has 1 atom stereocenters. The molecule has 4 heteroatoms. The first-order chi connectivity index (χ1) is 9.86. The molecule has 4 nitrogen and oxygen atoms in total. The summed E-state index contributed by atoms with van der Waals surface area (Å²) in [4.78, 5) is 18.6. The maximum Gasteiger partial charge on any atom is 0.256 e. The summed E-state index contributed by atoms with van der Waals surface area (Å²) in [5.74, 6) is 0.0495. The highest BCUT2D eigenvalue weighted by atomic mass is 16.2. The number of hydrogen-bond donors (Lipinski definition) is 1. The third-order valence-corrected chi connectivity index (χ3v) is 3.60. The number of carbonyl (C=O) groups is 1. The number of nitrogens with zero attached hydrogens (tertiary/aromatic N) is 2. The van der Waals surface area contributed by atoms with Crippen molar-refractivity contribution in [1.29, 1.82) is 0 Å². The molecule has 1 aliphatic rings. The van der Waals surface area contributed by atoms with Crippen LogP contribution in [0.1, 0.15) is 22.0 Å². The monoisotopic (exact) mass is 267 g/mol. The lowest BCUT2D eigenvalue weighted by molar-refractivity contribution is 0.0634. The Bertz CT molecular complexity index is 571. The number of piperazine rings is 1. The van der Waals surface area contributed by atoms with Crippen LogP contribution in [0.25, 0.3) is 0 Å². The van der Waals surface area contributed by atoms with Crippen LogP contribution in [-0.4, -0.2) is 35.4 Å². The zero-order valence-electron chi connectivity index (χ0n) is 11.2. The summed E-state index contributed by atoms with van der Waals surface area (Å²) < 4.78 is 0. The van der Waals surface area contributed by atoms with E-state index in [1.807, 2.05) is 29.2 Å². The first kappa shape index (κ1) is 12.8. The number of aromatic nitrogens is 1. The number of carbonyl (C=O) groups excluding carboxylic acids is 1. The average Bonchev–Trinajstić information content (AvgIpc) is 2.56. The normalized spacial score (nSPS) is 18.8. The Morgan fingerprint density at radius 2 is 2.05 bits per heavy atom. The van der Waals surface area contributed by atoms with E-state index in [-0.39, 0.29) is 11.9 Å². The smallest absolute Gasteiger partial charge is 0.256 e. The zero-order valence-corrected chi connectivity index (χ0v) is 11.2. The van der Waals surface area contributed by atoms with Crippen LogP contribution >= 0.6 is 0 Å². The van der Waals surface area contributed by atoms with E-state index in [0.717, 1.165) is 18.7 Å². The number of pyridine rings is 1. The molecule has 20 heavy (non-hydrogen) atoms. The van der Waals surface area contributed by atoms with Crippen LogP contribution in [0.3, 0.4) is 0 Å². The third kappa shape index (κ3) is 2.56. The topological polar surface area (TPSA) is 45.2 Å². The van der Waals surface area contributed by atoms with E-state index in [1.165, 1.54) is 0 Å². The van der Waals surface area contributed by atoms with Gasteiger partial charge in [0.15, 0.2) is 0 Å². The third-order valence-electron chi connectivity index (χ3n) is 3.60. The van der Waals surface area contributed by atoms with Gasteiger partial charge in [0.25, 0.3) is 5.91 Å². The maximum atomic E-state index is 12.6. The summed E-state index contributed by atoms with van der Waals surface area (Å²) in [5.41, 5.74) is 1.81. The van der Waals surface area contributed by atoms with E-state index in [0.29, 0.717) is 12.1 Å². The molecule has 3 rings (SSSR count). The molecule has 0 saturated carbocycles. The van der Waals surface area contributed by atoms with Crippen molar-refractivity contribution in [3.8, 4) is 0 Å². The minimum Gasteiger partial charge on any atom is -0.329 e. The predicted octanol–water partition coefficient (Wildman–Crippen LogP) is 1.87. The number of amides is 1. The van der Waals surface area contributed by atoms with Gasteiger partial charge in [0.1, 0.15) is 0 Å². The predicted molar refractivity (Wildman–Crippen MR) is 77.3 cm³/mol. The van der Waals surface area contributed by atoms with Crippen LogP contribution in [0.4, 0.5) is 0 Å². The fraction of sp³-hybridized carbons (Fsp3) is 0.250. The summed E-state index contributed by atoms with van der Waals surface area (Å²) in [7, 11) is 0. The summed E-state index contributed by atoms with van der Waals surface area (Å²) in [6.07, 6.45) is 3.32. The minimum absolute atomic E-state index is 0.0495. The molecule has 2 heterocycles. The van der Waals surface area contributed by atoms with Crippen molar-refractivity contribution in [3.05, 3.63) is 66.0 Å². The number of nitrogens with one attached hydrogen (secondary N) is 1. The van der Waals surface area contributed by atoms with Gasteiger partial charge in [0.05, 0.1) is 11.6 Å². The molecule has 1 aromatic heterocycles. The van der Waals surface area contributed by atoms with Crippen molar-refractivity contribution >= 4 is 5.91 Å². The van der Waals surface area contributed by atoms with E-state index in [1.54, 1.807) is 18.5 Å². The highest BCUT2D eigenvalue weighted by molar-refractivity contribution is 5.94. The van der Waals surface area contributed by atoms with E-state index in [2.05, 4.69) is 22.4 Å². The number of benzene rings is 1. The Morgan fingerprint density at radius 1 is 1.20 bits per heavy atom. The summed E-state index contributed by atoms with van der Waals surface area (Å²) >= 11 is 0. The Kier molecular flexibility index (Phi) is 3.74. The lowest BCUT2D eigenvalue weighted by atomic mass is 10.0. The van der Waals surface area contributed by atoms with Gasteiger partial charge in [0.2, 0.25) is 0 Å². The van der Waals surface area contributed by atoms with Gasteiger partial charge in [-0.2, -0.15) is 0 Å². The van der Waals surface area contributed by atoms with Crippen molar-refractivity contribution in [2.24, 2.45) is 0 Å². The molecule has 0 radical (unpaired) electrons. The lowest BCUT2D eigenvalue weighted by Gasteiger charge is -2.36. The van der Waals surface area contributed by atoms with E-state index >= 15 is 0 Å². The Hall–Kier alpha value is -2.20. The SMILES string of the molecule is O=C(c1cccnc1)N1CCNC[C@H]1c1ccccc1. The van der Waals surface area contributed by atoms with Gasteiger partial charge in [0, 0.05) is 32.0 Å². The largest absolute Gasteiger partial charge is 0.329 e. The Labute approximate surface area is 118 Å². The number of rotatable bonds is 2. The van der Waals surface area contributed by atoms with Crippen molar-refractivity contribution < 1.29 is 4.79 Å². The van der Waals surface area contributed by atoms with E-state index in [4.69, 9.17) is 0 Å². The molecule has 1 fully saturated rings. The molecule has 1 aromatic carbocycles. The molecular formula is C16H17N3O. The van der Waals surface area contributed by atoms with Gasteiger partial charge in [-0.15, -0.1) is 0 Å². The van der Waals surface area contributed by atoms with Crippen molar-refractivity contribution in [2.75, 3.05) is 19.6 Å². The molecule has 0 spiro atoms.